The number of nitrogens with one attached hydrogen (secondary N) is 1. The SMILES string of the molecule is CCCC#CC1=C(C2C=CC(CNC(C)C(F)(F)F)=CN2C)CC(C2CCCCC2)C(C)c2cc(OC(F)F)ccc21. The van der Waals surface area contributed by atoms with Gasteiger partial charge in [-0.3, -0.25) is 0 Å². The van der Waals surface area contributed by atoms with Crippen LogP contribution in [0.5, 0.6) is 5.75 Å². The number of hydrogen-bond acceptors (Lipinski definition) is 3. The Labute approximate surface area is 247 Å². The molecule has 4 unspecified atom stereocenters. The second kappa shape index (κ2) is 14.1. The van der Waals surface area contributed by atoms with Gasteiger partial charge >= 0.3 is 12.8 Å². The van der Waals surface area contributed by atoms with Gasteiger partial charge in [0.05, 0.1) is 6.04 Å². The summed E-state index contributed by atoms with van der Waals surface area (Å²) in [6.45, 7) is 2.62. The highest BCUT2D eigenvalue weighted by atomic mass is 19.4. The fourth-order valence-electron chi connectivity index (χ4n) is 6.68. The molecular formula is C34H43F5N2O. The molecule has 0 bridgehead atoms. The van der Waals surface area contributed by atoms with Crippen LogP contribution >= 0.6 is 0 Å². The minimum Gasteiger partial charge on any atom is -0.435 e. The van der Waals surface area contributed by atoms with E-state index in [4.69, 9.17) is 4.74 Å². The average molecular weight is 591 g/mol. The number of allylic oxidation sites excluding steroid dienone is 1. The van der Waals surface area contributed by atoms with E-state index in [1.165, 1.54) is 24.8 Å². The summed E-state index contributed by atoms with van der Waals surface area (Å²) < 4.78 is 70.3. The molecule has 1 N–H and O–H groups in total. The van der Waals surface area contributed by atoms with E-state index in [0.29, 0.717) is 11.8 Å². The van der Waals surface area contributed by atoms with Crippen LogP contribution in [0.2, 0.25) is 0 Å². The monoisotopic (exact) mass is 590 g/mol. The number of unbranched alkanes of at least 4 members (excludes halogenated alkanes) is 1. The van der Waals surface area contributed by atoms with Crippen molar-refractivity contribution in [2.75, 3.05) is 13.6 Å². The summed E-state index contributed by atoms with van der Waals surface area (Å²) >= 11 is 0. The lowest BCUT2D eigenvalue weighted by atomic mass is 9.70. The molecule has 1 saturated carbocycles. The molecule has 0 aromatic heterocycles. The summed E-state index contributed by atoms with van der Waals surface area (Å²) in [5.41, 5.74) is 4.81. The molecule has 1 aliphatic heterocycles. The third-order valence-corrected chi connectivity index (χ3v) is 9.03. The summed E-state index contributed by atoms with van der Waals surface area (Å²) in [5, 5.41) is 2.58. The predicted octanol–water partition coefficient (Wildman–Crippen LogP) is 8.84. The third kappa shape index (κ3) is 7.78. The maximum absolute atomic E-state index is 13.2. The van der Waals surface area contributed by atoms with Gasteiger partial charge in [0, 0.05) is 31.8 Å². The summed E-state index contributed by atoms with van der Waals surface area (Å²) in [5.74, 6) is 7.90. The van der Waals surface area contributed by atoms with E-state index in [0.717, 1.165) is 61.3 Å². The van der Waals surface area contributed by atoms with E-state index in [9.17, 15) is 22.0 Å². The molecule has 0 amide bonds. The Balaban J connectivity index is 1.77. The molecule has 1 fully saturated rings. The molecular weight excluding hydrogens is 547 g/mol. The molecule has 0 spiro atoms. The highest BCUT2D eigenvalue weighted by Gasteiger charge is 2.38. The van der Waals surface area contributed by atoms with E-state index in [-0.39, 0.29) is 24.3 Å². The number of rotatable bonds is 8. The van der Waals surface area contributed by atoms with Crippen LogP contribution < -0.4 is 10.1 Å². The third-order valence-electron chi connectivity index (χ3n) is 9.03. The van der Waals surface area contributed by atoms with Crippen molar-refractivity contribution >= 4 is 5.57 Å². The number of likely N-dealkylation sites (N-methyl/N-ethyl adjacent to an activating group) is 1. The molecule has 230 valence electrons. The lowest BCUT2D eigenvalue weighted by Gasteiger charge is -2.37. The number of nitrogens with zero attached hydrogens (tertiary/aromatic N) is 1. The summed E-state index contributed by atoms with van der Waals surface area (Å²) in [6.07, 6.45) is 9.96. The van der Waals surface area contributed by atoms with Crippen molar-refractivity contribution in [3.8, 4) is 17.6 Å². The highest BCUT2D eigenvalue weighted by Crippen LogP contribution is 2.48. The first-order valence-electron chi connectivity index (χ1n) is 15.2. The van der Waals surface area contributed by atoms with E-state index in [1.807, 2.05) is 25.4 Å². The lowest BCUT2D eigenvalue weighted by molar-refractivity contribution is -0.150. The molecule has 1 heterocycles. The molecule has 42 heavy (non-hydrogen) atoms. The Morgan fingerprint density at radius 3 is 2.52 bits per heavy atom. The average Bonchev–Trinajstić information content (AvgIpc) is 3.06. The second-order valence-corrected chi connectivity index (χ2v) is 12.0. The number of fused-ring (bicyclic) bond motifs is 1. The van der Waals surface area contributed by atoms with Crippen LogP contribution in [0.1, 0.15) is 89.2 Å². The topological polar surface area (TPSA) is 24.5 Å². The van der Waals surface area contributed by atoms with Crippen molar-refractivity contribution in [1.82, 2.24) is 10.2 Å². The smallest absolute Gasteiger partial charge is 0.403 e. The highest BCUT2D eigenvalue weighted by molar-refractivity contribution is 5.85. The lowest BCUT2D eigenvalue weighted by Crippen LogP contribution is -2.41. The van der Waals surface area contributed by atoms with Crippen molar-refractivity contribution in [3.63, 3.8) is 0 Å². The van der Waals surface area contributed by atoms with Gasteiger partial charge < -0.3 is 15.0 Å². The molecule has 0 radical (unpaired) electrons. The minimum atomic E-state index is -4.30. The molecule has 3 aliphatic rings. The van der Waals surface area contributed by atoms with E-state index >= 15 is 0 Å². The maximum Gasteiger partial charge on any atom is 0.403 e. The molecule has 8 heteroatoms. The van der Waals surface area contributed by atoms with Crippen LogP contribution in [0.25, 0.3) is 5.57 Å². The van der Waals surface area contributed by atoms with Gasteiger partial charge in [0.25, 0.3) is 0 Å². The summed E-state index contributed by atoms with van der Waals surface area (Å²) in [6, 6.07) is 3.52. The van der Waals surface area contributed by atoms with Gasteiger partial charge in [-0.1, -0.05) is 69.9 Å². The minimum absolute atomic E-state index is 0.105. The Kier molecular flexibility index (Phi) is 10.8. The van der Waals surface area contributed by atoms with E-state index < -0.39 is 18.8 Å². The van der Waals surface area contributed by atoms with Gasteiger partial charge in [-0.25, -0.2) is 0 Å². The first-order chi connectivity index (χ1) is 20.0. The number of benzene rings is 1. The molecule has 1 aromatic rings. The Morgan fingerprint density at radius 1 is 1.14 bits per heavy atom. The first kappa shape index (κ1) is 32.1. The zero-order valence-electron chi connectivity index (χ0n) is 25.0. The molecule has 2 aliphatic carbocycles. The van der Waals surface area contributed by atoms with Crippen LogP contribution in [0.15, 0.2) is 47.7 Å². The van der Waals surface area contributed by atoms with Crippen molar-refractivity contribution in [3.05, 3.63) is 58.8 Å². The van der Waals surface area contributed by atoms with E-state index in [2.05, 4.69) is 42.0 Å². The molecule has 4 atom stereocenters. The fourth-order valence-corrected chi connectivity index (χ4v) is 6.68. The Morgan fingerprint density at radius 2 is 1.88 bits per heavy atom. The van der Waals surface area contributed by atoms with Gasteiger partial charge in [0.1, 0.15) is 11.8 Å². The number of hydrogen-bond donors (Lipinski definition) is 1. The largest absolute Gasteiger partial charge is 0.435 e. The zero-order valence-corrected chi connectivity index (χ0v) is 25.0. The van der Waals surface area contributed by atoms with Crippen LogP contribution in [-0.4, -0.2) is 43.4 Å². The molecule has 3 nitrogen and oxygen atoms in total. The molecule has 4 rings (SSSR count). The van der Waals surface area contributed by atoms with Gasteiger partial charge in [-0.05, 0) is 78.0 Å². The predicted molar refractivity (Wildman–Crippen MR) is 158 cm³/mol. The summed E-state index contributed by atoms with van der Waals surface area (Å²) in [4.78, 5) is 2.06. The standard InChI is InChI=1S/C34H43F5N2O/c1-5-6-8-13-27-28-16-15-26(42-33(35)36)18-30(28)22(2)29(25-11-9-7-10-12-25)19-31(27)32-17-14-24(21-41(32)4)20-40-23(3)34(37,38)39/h14-18,21-23,25,29,32-33,40H,5-7,9-12,19-20H2,1-4H3. The van der Waals surface area contributed by atoms with Crippen LogP contribution in [0.3, 0.4) is 0 Å². The van der Waals surface area contributed by atoms with Crippen LogP contribution in [-0.2, 0) is 0 Å². The Hall–Kier alpha value is -2.79. The quantitative estimate of drug-likeness (QED) is 0.242. The summed E-state index contributed by atoms with van der Waals surface area (Å²) in [7, 11) is 1.95. The molecule has 0 saturated heterocycles. The van der Waals surface area contributed by atoms with Gasteiger partial charge in [0.2, 0.25) is 0 Å². The number of alkyl halides is 5. The van der Waals surface area contributed by atoms with Gasteiger partial charge in [-0.2, -0.15) is 22.0 Å². The molecule has 1 aromatic carbocycles. The number of ether oxygens (including phenoxy) is 1. The van der Waals surface area contributed by atoms with Crippen LogP contribution in [0.4, 0.5) is 22.0 Å². The van der Waals surface area contributed by atoms with Crippen molar-refractivity contribution in [2.45, 2.75) is 103 Å². The number of halogens is 5. The Bertz CT molecular complexity index is 1230. The van der Waals surface area contributed by atoms with E-state index in [1.54, 1.807) is 12.1 Å². The van der Waals surface area contributed by atoms with Gasteiger partial charge in [-0.15, -0.1) is 0 Å². The van der Waals surface area contributed by atoms with Gasteiger partial charge in [0.15, 0.2) is 0 Å². The van der Waals surface area contributed by atoms with Crippen LogP contribution in [0, 0.1) is 23.7 Å². The first-order valence-corrected chi connectivity index (χ1v) is 15.2. The van der Waals surface area contributed by atoms with Crippen molar-refractivity contribution in [2.24, 2.45) is 11.8 Å². The zero-order chi connectivity index (χ0) is 30.4. The maximum atomic E-state index is 13.2. The second-order valence-electron chi connectivity index (χ2n) is 12.0. The normalized spacial score (nSPS) is 24.1. The van der Waals surface area contributed by atoms with Crippen molar-refractivity contribution < 1.29 is 26.7 Å². The van der Waals surface area contributed by atoms with Crippen molar-refractivity contribution in [1.29, 1.82) is 0 Å². The fraction of sp³-hybridized carbons (Fsp3) is 0.588.